The zero-order valence-corrected chi connectivity index (χ0v) is 21.1. The summed E-state index contributed by atoms with van der Waals surface area (Å²) >= 11 is 0. The molecule has 4 saturated carbocycles. The Morgan fingerprint density at radius 2 is 1.66 bits per heavy atom. The van der Waals surface area contributed by atoms with Crippen molar-refractivity contribution in [3.05, 3.63) is 12.2 Å². The van der Waals surface area contributed by atoms with Crippen LogP contribution in [0.1, 0.15) is 92.4 Å². The van der Waals surface area contributed by atoms with Crippen LogP contribution in [0.4, 0.5) is 0 Å². The second-order valence-electron chi connectivity index (χ2n) is 13.0. The van der Waals surface area contributed by atoms with E-state index in [9.17, 15) is 20.4 Å². The monoisotopic (exact) mass is 448 g/mol. The summed E-state index contributed by atoms with van der Waals surface area (Å²) in [5, 5.41) is 44.5. The van der Waals surface area contributed by atoms with Gasteiger partial charge in [0, 0.05) is 11.8 Å². The maximum Gasteiger partial charge on any atom is 0.109 e. The zero-order valence-electron chi connectivity index (χ0n) is 21.1. The van der Waals surface area contributed by atoms with Crippen molar-refractivity contribution in [2.75, 3.05) is 0 Å². The Kier molecular flexibility index (Phi) is 6.45. The Hall–Kier alpha value is -0.420. The first-order valence-corrected chi connectivity index (χ1v) is 13.3. The topological polar surface area (TPSA) is 80.9 Å². The molecule has 4 aliphatic carbocycles. The van der Waals surface area contributed by atoms with Crippen LogP contribution < -0.4 is 0 Å². The number of hydrogen-bond acceptors (Lipinski definition) is 4. The van der Waals surface area contributed by atoms with Gasteiger partial charge in [0.25, 0.3) is 0 Å². The van der Waals surface area contributed by atoms with Gasteiger partial charge in [-0.25, -0.2) is 0 Å². The molecule has 4 aliphatic rings. The van der Waals surface area contributed by atoms with Gasteiger partial charge in [0.1, 0.15) is 11.7 Å². The second-order valence-corrected chi connectivity index (χ2v) is 13.0. The summed E-state index contributed by atoms with van der Waals surface area (Å²) < 4.78 is 0. The van der Waals surface area contributed by atoms with E-state index in [0.29, 0.717) is 30.1 Å². The summed E-state index contributed by atoms with van der Waals surface area (Å²) in [5.74, 6) is 2.43. The van der Waals surface area contributed by atoms with E-state index in [-0.39, 0.29) is 23.7 Å². The molecule has 0 aromatic rings. The van der Waals surface area contributed by atoms with Crippen molar-refractivity contribution in [1.82, 2.24) is 0 Å². The number of fused-ring (bicyclic) bond motifs is 5. The highest BCUT2D eigenvalue weighted by Crippen LogP contribution is 2.69. The summed E-state index contributed by atoms with van der Waals surface area (Å²) in [4.78, 5) is 0. The van der Waals surface area contributed by atoms with Gasteiger partial charge in [0.15, 0.2) is 0 Å². The minimum atomic E-state index is -1.40. The first-order valence-electron chi connectivity index (χ1n) is 13.3. The van der Waals surface area contributed by atoms with Crippen LogP contribution in [-0.2, 0) is 0 Å². The number of aliphatic hydroxyl groups excluding tert-OH is 3. The molecule has 0 spiro atoms. The highest BCUT2D eigenvalue weighted by molar-refractivity contribution is 5.19. The predicted octanol–water partition coefficient (Wildman–Crippen LogP) is 4.69. The van der Waals surface area contributed by atoms with Gasteiger partial charge in [-0.1, -0.05) is 46.8 Å². The highest BCUT2D eigenvalue weighted by Gasteiger charge is 2.70. The van der Waals surface area contributed by atoms with Crippen molar-refractivity contribution in [2.45, 2.75) is 116 Å². The van der Waals surface area contributed by atoms with Gasteiger partial charge in [-0.15, -0.1) is 0 Å². The smallest absolute Gasteiger partial charge is 0.109 e. The van der Waals surface area contributed by atoms with E-state index < -0.39 is 29.3 Å². The predicted molar refractivity (Wildman–Crippen MR) is 128 cm³/mol. The lowest BCUT2D eigenvalue weighted by atomic mass is 9.41. The van der Waals surface area contributed by atoms with Crippen LogP contribution in [0.3, 0.4) is 0 Å². The summed E-state index contributed by atoms with van der Waals surface area (Å²) in [6.07, 6.45) is 5.58. The van der Waals surface area contributed by atoms with Crippen molar-refractivity contribution in [2.24, 2.45) is 46.3 Å². The Bertz CT molecular complexity index is 720. The molecule has 0 amide bonds. The Labute approximate surface area is 195 Å². The second kappa shape index (κ2) is 8.36. The molecule has 4 heteroatoms. The molecule has 0 heterocycles. The van der Waals surface area contributed by atoms with Crippen LogP contribution in [0, 0.1) is 46.3 Å². The number of rotatable bonds is 5. The van der Waals surface area contributed by atoms with Crippen LogP contribution in [0.2, 0.25) is 0 Å². The van der Waals surface area contributed by atoms with Gasteiger partial charge in [-0.3, -0.25) is 0 Å². The van der Waals surface area contributed by atoms with E-state index in [1.54, 1.807) is 0 Å². The Morgan fingerprint density at radius 1 is 0.969 bits per heavy atom. The van der Waals surface area contributed by atoms with Gasteiger partial charge < -0.3 is 20.4 Å². The van der Waals surface area contributed by atoms with Gasteiger partial charge in [0.2, 0.25) is 0 Å². The maximum atomic E-state index is 11.6. The number of aliphatic hydroxyl groups is 4. The third kappa shape index (κ3) is 3.46. The van der Waals surface area contributed by atoms with Crippen LogP contribution in [-0.4, -0.2) is 44.3 Å². The first-order chi connectivity index (χ1) is 14.9. The van der Waals surface area contributed by atoms with E-state index in [2.05, 4.69) is 41.2 Å². The molecule has 5 unspecified atom stereocenters. The average Bonchev–Trinajstić information content (AvgIpc) is 3.09. The van der Waals surface area contributed by atoms with E-state index in [1.807, 2.05) is 0 Å². The molecule has 4 N–H and O–H groups in total. The zero-order chi connectivity index (χ0) is 23.6. The fraction of sp³-hybridized carbons (Fsp3) is 0.929. The fourth-order valence-corrected chi connectivity index (χ4v) is 9.13. The molecular formula is C28H48O4. The van der Waals surface area contributed by atoms with Crippen LogP contribution in [0.5, 0.6) is 0 Å². The minimum Gasteiger partial charge on any atom is -0.393 e. The Morgan fingerprint density at radius 3 is 2.31 bits per heavy atom. The minimum absolute atomic E-state index is 0.0343. The molecule has 0 aromatic carbocycles. The molecular weight excluding hydrogens is 400 g/mol. The summed E-state index contributed by atoms with van der Waals surface area (Å²) in [6.45, 7) is 15.7. The summed E-state index contributed by atoms with van der Waals surface area (Å²) in [5.41, 5.74) is -0.324. The largest absolute Gasteiger partial charge is 0.393 e. The van der Waals surface area contributed by atoms with Crippen molar-refractivity contribution in [3.63, 3.8) is 0 Å². The molecule has 0 aliphatic heterocycles. The number of allylic oxidation sites excluding steroid dienone is 1. The highest BCUT2D eigenvalue weighted by atomic mass is 16.4. The average molecular weight is 449 g/mol. The van der Waals surface area contributed by atoms with Crippen molar-refractivity contribution in [3.8, 4) is 0 Å². The first kappa shape index (κ1) is 24.7. The van der Waals surface area contributed by atoms with Crippen molar-refractivity contribution in [1.29, 1.82) is 0 Å². The van der Waals surface area contributed by atoms with Crippen LogP contribution >= 0.6 is 0 Å². The van der Waals surface area contributed by atoms with Crippen molar-refractivity contribution >= 4 is 0 Å². The molecule has 4 rings (SSSR count). The molecule has 32 heavy (non-hydrogen) atoms. The summed E-state index contributed by atoms with van der Waals surface area (Å²) in [7, 11) is 0. The third-order valence-corrected chi connectivity index (χ3v) is 11.4. The van der Waals surface area contributed by atoms with Gasteiger partial charge in [-0.05, 0) is 92.3 Å². The molecule has 4 fully saturated rings. The molecule has 0 radical (unpaired) electrons. The summed E-state index contributed by atoms with van der Waals surface area (Å²) in [6, 6.07) is 0. The SMILES string of the molecule is C=C(CCC(C)[C@H]1CCC2C3C(CC[C@@]21C)[C@@]1(C)CC[C@H](O)CC1(O)[C@H](O)[C@@H]3O)C(C)C. The van der Waals surface area contributed by atoms with Crippen LogP contribution in [0.25, 0.3) is 0 Å². The third-order valence-electron chi connectivity index (χ3n) is 11.4. The Balaban J connectivity index is 1.58. The quantitative estimate of drug-likeness (QED) is 0.460. The van der Waals surface area contributed by atoms with E-state index >= 15 is 0 Å². The van der Waals surface area contributed by atoms with Crippen LogP contribution in [0.15, 0.2) is 12.2 Å². The molecule has 0 aromatic heterocycles. The van der Waals surface area contributed by atoms with E-state index in [4.69, 9.17) is 0 Å². The number of hydrogen-bond donors (Lipinski definition) is 4. The normalized spacial score (nSPS) is 51.6. The van der Waals surface area contributed by atoms with E-state index in [0.717, 1.165) is 32.1 Å². The maximum absolute atomic E-state index is 11.6. The van der Waals surface area contributed by atoms with Gasteiger partial charge >= 0.3 is 0 Å². The van der Waals surface area contributed by atoms with E-state index in [1.165, 1.54) is 18.4 Å². The van der Waals surface area contributed by atoms with Crippen molar-refractivity contribution < 1.29 is 20.4 Å². The molecule has 0 bridgehead atoms. The van der Waals surface area contributed by atoms with Gasteiger partial charge in [-0.2, -0.15) is 0 Å². The molecule has 11 atom stereocenters. The lowest BCUT2D eigenvalue weighted by Gasteiger charge is -2.66. The lowest BCUT2D eigenvalue weighted by Crippen LogP contribution is -2.73. The fourth-order valence-electron chi connectivity index (χ4n) is 9.13. The molecule has 4 nitrogen and oxygen atoms in total. The lowest BCUT2D eigenvalue weighted by molar-refractivity contribution is -0.297. The standard InChI is InChI=1S/C28H48O4/c1-16(2)17(3)7-8-18(4)20-9-10-21-23-22(12-13-26(20,21)5)27(6)14-11-19(29)15-28(27,32)25(31)24(23)30/h16,18-25,29-32H,3,7-15H2,1-2,4-6H3/t18?,19-,20+,21?,22?,23?,24+,25+,26+,27+,28?/m0/s1. The molecule has 0 saturated heterocycles. The molecule has 184 valence electrons. The van der Waals surface area contributed by atoms with Gasteiger partial charge in [0.05, 0.1) is 12.2 Å².